The summed E-state index contributed by atoms with van der Waals surface area (Å²) in [6.07, 6.45) is 1.86. The molecule has 1 aliphatic heterocycles. The van der Waals surface area contributed by atoms with Crippen molar-refractivity contribution in [1.82, 2.24) is 19.9 Å². The van der Waals surface area contributed by atoms with Crippen molar-refractivity contribution in [2.45, 2.75) is 32.4 Å². The molecule has 1 aliphatic rings. The minimum Gasteiger partial charge on any atom is -0.497 e. The quantitative estimate of drug-likeness (QED) is 0.678. The molecule has 0 aliphatic carbocycles. The zero-order valence-corrected chi connectivity index (χ0v) is 16.4. The Morgan fingerprint density at radius 1 is 1.18 bits per heavy atom. The monoisotopic (exact) mass is 380 g/mol. The van der Waals surface area contributed by atoms with Gasteiger partial charge in [-0.05, 0) is 50.1 Å². The number of ether oxygens (including phenoxy) is 2. The minimum absolute atomic E-state index is 0.00770. The van der Waals surface area contributed by atoms with Crippen LogP contribution in [0.4, 0.5) is 0 Å². The summed E-state index contributed by atoms with van der Waals surface area (Å²) in [5.41, 5.74) is 3.32. The molecule has 1 amide bonds. The van der Waals surface area contributed by atoms with Gasteiger partial charge in [0.25, 0.3) is 5.91 Å². The van der Waals surface area contributed by atoms with Crippen LogP contribution in [0.3, 0.4) is 0 Å². The van der Waals surface area contributed by atoms with Gasteiger partial charge in [0.05, 0.1) is 25.8 Å². The van der Waals surface area contributed by atoms with Gasteiger partial charge in [-0.2, -0.15) is 0 Å². The van der Waals surface area contributed by atoms with Crippen molar-refractivity contribution in [1.29, 1.82) is 0 Å². The highest BCUT2D eigenvalue weighted by atomic mass is 16.5. The van der Waals surface area contributed by atoms with Gasteiger partial charge in [0, 0.05) is 30.3 Å². The highest BCUT2D eigenvalue weighted by Crippen LogP contribution is 2.39. The first-order valence-corrected chi connectivity index (χ1v) is 9.52. The number of fused-ring (bicyclic) bond motifs is 1. The van der Waals surface area contributed by atoms with Crippen LogP contribution in [-0.4, -0.2) is 46.6 Å². The third-order valence-electron chi connectivity index (χ3n) is 5.37. The van der Waals surface area contributed by atoms with Crippen LogP contribution in [0.25, 0.3) is 11.0 Å². The van der Waals surface area contributed by atoms with E-state index in [0.717, 1.165) is 54.0 Å². The lowest BCUT2D eigenvalue weighted by Crippen LogP contribution is -2.30. The number of carbonyl (C=O) groups is 1. The zero-order chi connectivity index (χ0) is 19.7. The maximum atomic E-state index is 13.3. The summed E-state index contributed by atoms with van der Waals surface area (Å²) < 4.78 is 12.7. The molecule has 2 heterocycles. The van der Waals surface area contributed by atoms with Crippen LogP contribution >= 0.6 is 0 Å². The summed E-state index contributed by atoms with van der Waals surface area (Å²) in [6.45, 7) is 3.48. The van der Waals surface area contributed by atoms with E-state index < -0.39 is 0 Å². The molecule has 7 heteroatoms. The number of benzene rings is 2. The highest BCUT2D eigenvalue weighted by Gasteiger charge is 2.32. The van der Waals surface area contributed by atoms with E-state index in [-0.39, 0.29) is 11.9 Å². The van der Waals surface area contributed by atoms with Gasteiger partial charge >= 0.3 is 0 Å². The van der Waals surface area contributed by atoms with Crippen molar-refractivity contribution in [3.05, 3.63) is 47.5 Å². The van der Waals surface area contributed by atoms with Gasteiger partial charge < -0.3 is 14.4 Å². The first-order chi connectivity index (χ1) is 13.7. The van der Waals surface area contributed by atoms with Gasteiger partial charge in [-0.25, -0.2) is 4.68 Å². The topological polar surface area (TPSA) is 69.5 Å². The number of hydrogen-bond donors (Lipinski definition) is 0. The maximum Gasteiger partial charge on any atom is 0.254 e. The van der Waals surface area contributed by atoms with Crippen LogP contribution in [0.2, 0.25) is 0 Å². The van der Waals surface area contributed by atoms with Gasteiger partial charge in [0.1, 0.15) is 17.0 Å². The summed E-state index contributed by atoms with van der Waals surface area (Å²) in [5.74, 6) is 1.49. The Labute approximate surface area is 163 Å². The molecule has 146 valence electrons. The Kier molecular flexibility index (Phi) is 4.90. The number of amides is 1. The molecule has 2 aromatic carbocycles. The molecule has 7 nitrogen and oxygen atoms in total. The van der Waals surface area contributed by atoms with Crippen LogP contribution in [0, 0.1) is 0 Å². The molecule has 0 N–H and O–H groups in total. The number of carbonyl (C=O) groups excluding carboxylic acids is 1. The Bertz CT molecular complexity index is 1010. The van der Waals surface area contributed by atoms with Gasteiger partial charge in [0.2, 0.25) is 0 Å². The van der Waals surface area contributed by atoms with E-state index in [1.807, 2.05) is 52.9 Å². The molecule has 4 rings (SSSR count). The standard InChI is InChI=1S/C21H24N4O3/c1-4-25-19-10-7-14(12-17(19)22-23-25)21(26)24-11-5-6-18(24)16-9-8-15(27-2)13-20(16)28-3/h7-10,12-13,18H,4-6,11H2,1-3H3. The first kappa shape index (κ1) is 18.3. The molecule has 1 unspecified atom stereocenters. The fourth-order valence-corrected chi connectivity index (χ4v) is 3.93. The van der Waals surface area contributed by atoms with Crippen molar-refractivity contribution < 1.29 is 14.3 Å². The molecule has 3 aromatic rings. The Morgan fingerprint density at radius 3 is 2.79 bits per heavy atom. The average molecular weight is 380 g/mol. The highest BCUT2D eigenvalue weighted by molar-refractivity contribution is 5.97. The summed E-state index contributed by atoms with van der Waals surface area (Å²) in [4.78, 5) is 15.2. The van der Waals surface area contributed by atoms with Gasteiger partial charge in [-0.3, -0.25) is 4.79 Å². The largest absolute Gasteiger partial charge is 0.497 e. The van der Waals surface area contributed by atoms with Crippen LogP contribution in [0.1, 0.15) is 41.7 Å². The van der Waals surface area contributed by atoms with Crippen LogP contribution in [0.5, 0.6) is 11.5 Å². The lowest BCUT2D eigenvalue weighted by Gasteiger charge is -2.26. The minimum atomic E-state index is -0.0182. The predicted molar refractivity (Wildman–Crippen MR) is 106 cm³/mol. The molecule has 1 fully saturated rings. The van der Waals surface area contributed by atoms with Crippen molar-refractivity contribution in [2.24, 2.45) is 0 Å². The summed E-state index contributed by atoms with van der Waals surface area (Å²) >= 11 is 0. The van der Waals surface area contributed by atoms with E-state index in [2.05, 4.69) is 10.3 Å². The van der Waals surface area contributed by atoms with Gasteiger partial charge in [-0.15, -0.1) is 5.10 Å². The SMILES string of the molecule is CCn1nnc2cc(C(=O)N3CCCC3c3ccc(OC)cc3OC)ccc21. The third-order valence-corrected chi connectivity index (χ3v) is 5.37. The van der Waals surface area contributed by atoms with Crippen LogP contribution in [-0.2, 0) is 6.54 Å². The molecule has 0 spiro atoms. The summed E-state index contributed by atoms with van der Waals surface area (Å²) in [6, 6.07) is 11.4. The predicted octanol–water partition coefficient (Wildman–Crippen LogP) is 3.45. The fraction of sp³-hybridized carbons (Fsp3) is 0.381. The van der Waals surface area contributed by atoms with Crippen molar-refractivity contribution in [2.75, 3.05) is 20.8 Å². The summed E-state index contributed by atoms with van der Waals surface area (Å²) in [7, 11) is 3.27. The van der Waals surface area contributed by atoms with E-state index in [1.165, 1.54) is 0 Å². The molecular weight excluding hydrogens is 356 g/mol. The molecule has 1 aromatic heterocycles. The average Bonchev–Trinajstić information content (AvgIpc) is 3.39. The lowest BCUT2D eigenvalue weighted by molar-refractivity contribution is 0.0734. The van der Waals surface area contributed by atoms with Gasteiger partial charge in [0.15, 0.2) is 0 Å². The Balaban J connectivity index is 1.66. The summed E-state index contributed by atoms with van der Waals surface area (Å²) in [5, 5.41) is 8.32. The molecular formula is C21H24N4O3. The molecule has 28 heavy (non-hydrogen) atoms. The van der Waals surface area contributed by atoms with E-state index in [9.17, 15) is 4.79 Å². The van der Waals surface area contributed by atoms with Crippen LogP contribution in [0.15, 0.2) is 36.4 Å². The van der Waals surface area contributed by atoms with E-state index in [4.69, 9.17) is 9.47 Å². The number of methoxy groups -OCH3 is 2. The van der Waals surface area contributed by atoms with E-state index in [1.54, 1.807) is 14.2 Å². The van der Waals surface area contributed by atoms with Crippen LogP contribution < -0.4 is 9.47 Å². The Morgan fingerprint density at radius 2 is 2.04 bits per heavy atom. The molecule has 0 saturated carbocycles. The van der Waals surface area contributed by atoms with Crippen molar-refractivity contribution in [3.8, 4) is 11.5 Å². The second-order valence-electron chi connectivity index (χ2n) is 6.87. The number of rotatable bonds is 5. The van der Waals surface area contributed by atoms with Crippen molar-refractivity contribution in [3.63, 3.8) is 0 Å². The number of nitrogens with zero attached hydrogens (tertiary/aromatic N) is 4. The van der Waals surface area contributed by atoms with E-state index >= 15 is 0 Å². The molecule has 0 bridgehead atoms. The zero-order valence-electron chi connectivity index (χ0n) is 16.4. The fourth-order valence-electron chi connectivity index (χ4n) is 3.93. The maximum absolute atomic E-state index is 13.3. The normalized spacial score (nSPS) is 16.5. The Hall–Kier alpha value is -3.09. The number of aromatic nitrogens is 3. The second-order valence-corrected chi connectivity index (χ2v) is 6.87. The second kappa shape index (κ2) is 7.50. The number of aryl methyl sites for hydroxylation is 1. The van der Waals surface area contributed by atoms with Gasteiger partial charge in [-0.1, -0.05) is 5.21 Å². The molecule has 1 saturated heterocycles. The number of likely N-dealkylation sites (tertiary alicyclic amines) is 1. The molecule has 0 radical (unpaired) electrons. The lowest BCUT2D eigenvalue weighted by atomic mass is 10.0. The number of hydrogen-bond acceptors (Lipinski definition) is 5. The first-order valence-electron chi connectivity index (χ1n) is 9.52. The van der Waals surface area contributed by atoms with Crippen molar-refractivity contribution >= 4 is 16.9 Å². The molecule has 1 atom stereocenters. The smallest absolute Gasteiger partial charge is 0.254 e. The van der Waals surface area contributed by atoms with E-state index in [0.29, 0.717) is 5.56 Å². The third kappa shape index (κ3) is 3.06.